The van der Waals surface area contributed by atoms with Crippen LogP contribution in [0.2, 0.25) is 0 Å². The number of hydrogen-bond donors (Lipinski definition) is 3. The molecule has 0 radical (unpaired) electrons. The first-order valence-electron chi connectivity index (χ1n) is 10.9. The highest BCUT2D eigenvalue weighted by Crippen LogP contribution is 2.25. The smallest absolute Gasteiger partial charge is 0.261 e. The summed E-state index contributed by atoms with van der Waals surface area (Å²) in [6, 6.07) is 6.91. The lowest BCUT2D eigenvalue weighted by Gasteiger charge is -2.12. The molecule has 0 aliphatic rings. The average molecular weight is 516 g/mol. The van der Waals surface area contributed by atoms with Gasteiger partial charge in [-0.2, -0.15) is 0 Å². The van der Waals surface area contributed by atoms with E-state index in [9.17, 15) is 22.0 Å². The zero-order valence-electron chi connectivity index (χ0n) is 19.6. The summed E-state index contributed by atoms with van der Waals surface area (Å²) in [5, 5.41) is 2.39. The number of rotatable bonds is 8. The minimum absolute atomic E-state index is 0.141. The molecular formula is C23H23F2N7O3S. The summed E-state index contributed by atoms with van der Waals surface area (Å²) in [5.74, 6) is -2.55. The van der Waals surface area contributed by atoms with Crippen molar-refractivity contribution >= 4 is 44.3 Å². The van der Waals surface area contributed by atoms with Gasteiger partial charge in [-0.25, -0.2) is 32.2 Å². The van der Waals surface area contributed by atoms with Crippen LogP contribution in [0.3, 0.4) is 0 Å². The molecule has 0 bridgehead atoms. The van der Waals surface area contributed by atoms with E-state index >= 15 is 0 Å². The van der Waals surface area contributed by atoms with Crippen molar-refractivity contribution < 1.29 is 22.0 Å². The van der Waals surface area contributed by atoms with Crippen LogP contribution in [0.15, 0.2) is 42.7 Å². The van der Waals surface area contributed by atoms with Crippen molar-refractivity contribution in [1.29, 1.82) is 0 Å². The molecule has 0 atom stereocenters. The fraction of sp³-hybridized carbons (Fsp3) is 0.217. The van der Waals surface area contributed by atoms with E-state index < -0.39 is 38.8 Å². The second-order valence-corrected chi connectivity index (χ2v) is 9.98. The van der Waals surface area contributed by atoms with Crippen LogP contribution in [-0.2, 0) is 10.0 Å². The molecule has 1 amide bonds. The van der Waals surface area contributed by atoms with Crippen LogP contribution in [0.1, 0.15) is 23.7 Å². The van der Waals surface area contributed by atoms with Crippen LogP contribution in [0.5, 0.6) is 0 Å². The summed E-state index contributed by atoms with van der Waals surface area (Å²) >= 11 is 0. The second kappa shape index (κ2) is 9.85. The van der Waals surface area contributed by atoms with Gasteiger partial charge in [0.05, 0.1) is 23.3 Å². The molecule has 0 unspecified atom stereocenters. The third-order valence-corrected chi connectivity index (χ3v) is 6.61. The number of H-pyrrole nitrogens is 1. The minimum atomic E-state index is -3.85. The average Bonchev–Trinajstić information content (AvgIpc) is 3.24. The lowest BCUT2D eigenvalue weighted by molar-refractivity contribution is 0.101. The maximum Gasteiger partial charge on any atom is 0.261 e. The standard InChI is InChI=1S/C23H23F2N7O3S/c1-4-9-36(34,35)31-16-7-6-15(24)19(20(16)25)23(33)28-14-10-17-22(27-12-14)30-21(29-17)13-5-8-18(26-11-13)32(2)3/h5-8,10-12,31H,4,9H2,1-3H3,(H,28,33)(H,27,29,30). The number of aromatic amines is 1. The highest BCUT2D eigenvalue weighted by molar-refractivity contribution is 7.92. The summed E-state index contributed by atoms with van der Waals surface area (Å²) in [5.41, 5.74) is 0.250. The molecule has 0 saturated carbocycles. The van der Waals surface area contributed by atoms with Crippen LogP contribution in [0.4, 0.5) is 26.0 Å². The molecule has 36 heavy (non-hydrogen) atoms. The van der Waals surface area contributed by atoms with Crippen molar-refractivity contribution in [1.82, 2.24) is 19.9 Å². The lowest BCUT2D eigenvalue weighted by Crippen LogP contribution is -2.20. The summed E-state index contributed by atoms with van der Waals surface area (Å²) in [6.45, 7) is 1.64. The van der Waals surface area contributed by atoms with Crippen molar-refractivity contribution in [2.24, 2.45) is 0 Å². The minimum Gasteiger partial charge on any atom is -0.363 e. The number of nitrogens with one attached hydrogen (secondary N) is 3. The number of benzene rings is 1. The molecule has 0 saturated heterocycles. The van der Waals surface area contributed by atoms with Gasteiger partial charge in [-0.3, -0.25) is 9.52 Å². The number of nitrogens with zero attached hydrogens (tertiary/aromatic N) is 4. The molecule has 13 heteroatoms. The van der Waals surface area contributed by atoms with Gasteiger partial charge >= 0.3 is 0 Å². The monoisotopic (exact) mass is 515 g/mol. The Morgan fingerprint density at radius 1 is 1.11 bits per heavy atom. The predicted octanol–water partition coefficient (Wildman–Crippen LogP) is 3.77. The van der Waals surface area contributed by atoms with Gasteiger partial charge in [0.25, 0.3) is 5.91 Å². The van der Waals surface area contributed by atoms with E-state index in [1.807, 2.05) is 35.9 Å². The molecule has 0 aliphatic carbocycles. The topological polar surface area (TPSA) is 133 Å². The van der Waals surface area contributed by atoms with Crippen LogP contribution < -0.4 is 14.9 Å². The number of carbonyl (C=O) groups is 1. The first-order chi connectivity index (χ1) is 17.1. The fourth-order valence-corrected chi connectivity index (χ4v) is 4.54. The number of anilines is 3. The molecule has 0 fully saturated rings. The van der Waals surface area contributed by atoms with E-state index in [1.54, 1.807) is 13.1 Å². The highest BCUT2D eigenvalue weighted by Gasteiger charge is 2.23. The van der Waals surface area contributed by atoms with Crippen molar-refractivity contribution in [2.75, 3.05) is 34.8 Å². The predicted molar refractivity (Wildman–Crippen MR) is 133 cm³/mol. The van der Waals surface area contributed by atoms with Gasteiger partial charge in [0.1, 0.15) is 28.5 Å². The number of imidazole rings is 1. The number of aromatic nitrogens is 4. The zero-order chi connectivity index (χ0) is 26.0. The fourth-order valence-electron chi connectivity index (χ4n) is 3.41. The van der Waals surface area contributed by atoms with Crippen molar-refractivity contribution in [3.8, 4) is 11.4 Å². The van der Waals surface area contributed by atoms with E-state index in [4.69, 9.17) is 0 Å². The van der Waals surface area contributed by atoms with Crippen LogP contribution in [0.25, 0.3) is 22.6 Å². The Kier molecular flexibility index (Phi) is 6.84. The summed E-state index contributed by atoms with van der Waals surface area (Å²) in [4.78, 5) is 30.6. The molecule has 3 N–H and O–H groups in total. The number of pyridine rings is 2. The van der Waals surface area contributed by atoms with Gasteiger partial charge in [0, 0.05) is 25.9 Å². The first-order valence-corrected chi connectivity index (χ1v) is 12.5. The van der Waals surface area contributed by atoms with Gasteiger partial charge in [-0.15, -0.1) is 0 Å². The van der Waals surface area contributed by atoms with E-state index in [2.05, 4.69) is 25.3 Å². The quantitative estimate of drug-likeness (QED) is 0.325. The molecule has 3 heterocycles. The molecule has 0 aliphatic heterocycles. The van der Waals surface area contributed by atoms with Gasteiger partial charge in [0.15, 0.2) is 11.5 Å². The molecule has 4 aromatic rings. The van der Waals surface area contributed by atoms with Gasteiger partial charge in [0.2, 0.25) is 10.0 Å². The third-order valence-electron chi connectivity index (χ3n) is 5.13. The molecule has 188 valence electrons. The molecule has 3 aromatic heterocycles. The van der Waals surface area contributed by atoms with Crippen LogP contribution in [-0.4, -0.2) is 54.1 Å². The van der Waals surface area contributed by atoms with Gasteiger partial charge in [-0.1, -0.05) is 6.92 Å². The SMILES string of the molecule is CCCS(=O)(=O)Nc1ccc(F)c(C(=O)Nc2cnc3[nH]c(-c4ccc(N(C)C)nc4)nc3c2)c1F. The largest absolute Gasteiger partial charge is 0.363 e. The number of amides is 1. The first kappa shape index (κ1) is 25.0. The number of halogens is 2. The Morgan fingerprint density at radius 3 is 2.56 bits per heavy atom. The maximum atomic E-state index is 14.9. The van der Waals surface area contributed by atoms with E-state index in [1.165, 1.54) is 12.3 Å². The number of fused-ring (bicyclic) bond motifs is 1. The van der Waals surface area contributed by atoms with E-state index in [0.717, 1.165) is 23.5 Å². The molecule has 1 aromatic carbocycles. The van der Waals surface area contributed by atoms with Gasteiger partial charge in [-0.05, 0) is 36.8 Å². The van der Waals surface area contributed by atoms with Crippen LogP contribution in [0, 0.1) is 11.6 Å². The molecule has 0 spiro atoms. The Morgan fingerprint density at radius 2 is 1.89 bits per heavy atom. The third kappa shape index (κ3) is 5.25. The Bertz CT molecular complexity index is 1540. The van der Waals surface area contributed by atoms with Crippen molar-refractivity contribution in [3.63, 3.8) is 0 Å². The normalized spacial score (nSPS) is 11.5. The highest BCUT2D eigenvalue weighted by atomic mass is 32.2. The summed E-state index contributed by atoms with van der Waals surface area (Å²) in [7, 11) is -0.0923. The summed E-state index contributed by atoms with van der Waals surface area (Å²) < 4.78 is 55.3. The molecular weight excluding hydrogens is 492 g/mol. The number of hydrogen-bond acceptors (Lipinski definition) is 7. The Balaban J connectivity index is 1.58. The lowest BCUT2D eigenvalue weighted by atomic mass is 10.1. The number of sulfonamides is 1. The second-order valence-electron chi connectivity index (χ2n) is 8.14. The van der Waals surface area contributed by atoms with E-state index in [-0.39, 0.29) is 11.4 Å². The van der Waals surface area contributed by atoms with Gasteiger partial charge < -0.3 is 15.2 Å². The van der Waals surface area contributed by atoms with E-state index in [0.29, 0.717) is 23.4 Å². The number of carbonyl (C=O) groups excluding carboxylic acids is 1. The maximum absolute atomic E-state index is 14.9. The summed E-state index contributed by atoms with van der Waals surface area (Å²) in [6.07, 6.45) is 3.26. The molecule has 10 nitrogen and oxygen atoms in total. The Hall–Kier alpha value is -4.13. The van der Waals surface area contributed by atoms with Crippen molar-refractivity contribution in [2.45, 2.75) is 13.3 Å². The Labute approximate surface area is 205 Å². The van der Waals surface area contributed by atoms with Crippen molar-refractivity contribution in [3.05, 3.63) is 59.9 Å². The zero-order valence-corrected chi connectivity index (χ0v) is 20.4. The van der Waals surface area contributed by atoms with Crippen LogP contribution >= 0.6 is 0 Å². The molecule has 4 rings (SSSR count).